The minimum atomic E-state index is -0.398. The molecule has 0 atom stereocenters. The van der Waals surface area contributed by atoms with Crippen LogP contribution in [0.15, 0.2) is 30.3 Å². The van der Waals surface area contributed by atoms with E-state index in [1.165, 1.54) is 0 Å². The molecule has 2 fully saturated rings. The van der Waals surface area contributed by atoms with E-state index < -0.39 is 5.41 Å². The lowest BCUT2D eigenvalue weighted by atomic mass is 9.78. The topological polar surface area (TPSA) is 82.7 Å². The summed E-state index contributed by atoms with van der Waals surface area (Å²) in [6.07, 6.45) is 3.18. The van der Waals surface area contributed by atoms with Crippen LogP contribution in [0.2, 0.25) is 0 Å². The molecule has 3 rings (SSSR count). The van der Waals surface area contributed by atoms with E-state index in [1.54, 1.807) is 7.11 Å². The van der Waals surface area contributed by atoms with Crippen LogP contribution in [-0.4, -0.2) is 62.8 Å². The Hall–Kier alpha value is -2.12. The number of hydrogen-bond donors (Lipinski definition) is 3. The molecule has 0 radical (unpaired) electrons. The first kappa shape index (κ1) is 19.6. The second kappa shape index (κ2) is 9.19. The third-order valence-corrected chi connectivity index (χ3v) is 5.58. The van der Waals surface area contributed by atoms with Crippen LogP contribution in [0.3, 0.4) is 0 Å². The lowest BCUT2D eigenvalue weighted by Crippen LogP contribution is -2.55. The molecular weight excluding hydrogens is 344 g/mol. The Balaban J connectivity index is 1.49. The molecule has 148 valence electrons. The highest BCUT2D eigenvalue weighted by molar-refractivity contribution is 5.89. The molecule has 0 aliphatic carbocycles. The summed E-state index contributed by atoms with van der Waals surface area (Å²) in [6.45, 7) is 3.53. The number of benzene rings is 1. The molecule has 2 heterocycles. The molecule has 2 saturated heterocycles. The van der Waals surface area contributed by atoms with E-state index in [1.807, 2.05) is 35.2 Å². The first-order valence-electron chi connectivity index (χ1n) is 9.74. The Labute approximate surface area is 160 Å². The number of anilines is 1. The molecule has 0 bridgehead atoms. The zero-order valence-electron chi connectivity index (χ0n) is 16.0. The van der Waals surface area contributed by atoms with Crippen molar-refractivity contribution in [2.45, 2.75) is 31.7 Å². The molecule has 1 aromatic rings. The summed E-state index contributed by atoms with van der Waals surface area (Å²) in [5.41, 5.74) is 0.375. The number of rotatable bonds is 5. The molecule has 2 aliphatic heterocycles. The maximum absolute atomic E-state index is 13.2. The van der Waals surface area contributed by atoms with Crippen LogP contribution in [-0.2, 0) is 9.53 Å². The summed E-state index contributed by atoms with van der Waals surface area (Å²) in [4.78, 5) is 27.3. The van der Waals surface area contributed by atoms with Crippen LogP contribution in [0, 0.1) is 5.41 Å². The standard InChI is InChI=1S/C20H30N4O3/c1-27-15-20(9-11-21-12-10-20)18(25)24-13-7-17(8-14-24)23-19(26)22-16-5-3-2-4-6-16/h2-6,17,21H,7-15H2,1H3,(H2,22,23,26). The van der Waals surface area contributed by atoms with Crippen molar-refractivity contribution in [1.29, 1.82) is 0 Å². The maximum Gasteiger partial charge on any atom is 0.319 e. The number of likely N-dealkylation sites (tertiary alicyclic amines) is 1. The zero-order valence-corrected chi connectivity index (χ0v) is 16.0. The van der Waals surface area contributed by atoms with E-state index in [0.717, 1.165) is 44.5 Å². The number of hydrogen-bond acceptors (Lipinski definition) is 4. The Kier molecular flexibility index (Phi) is 6.68. The van der Waals surface area contributed by atoms with Crippen LogP contribution >= 0.6 is 0 Å². The molecule has 2 aliphatic rings. The van der Waals surface area contributed by atoms with Gasteiger partial charge in [0.1, 0.15) is 0 Å². The van der Waals surface area contributed by atoms with Gasteiger partial charge in [-0.15, -0.1) is 0 Å². The molecule has 3 N–H and O–H groups in total. The van der Waals surface area contributed by atoms with Gasteiger partial charge in [0.15, 0.2) is 0 Å². The second-order valence-corrected chi connectivity index (χ2v) is 7.49. The predicted octanol–water partition coefficient (Wildman–Crippen LogP) is 1.82. The van der Waals surface area contributed by atoms with Gasteiger partial charge in [0, 0.05) is 31.9 Å². The Morgan fingerprint density at radius 1 is 1.19 bits per heavy atom. The van der Waals surface area contributed by atoms with Crippen molar-refractivity contribution in [2.24, 2.45) is 5.41 Å². The fraction of sp³-hybridized carbons (Fsp3) is 0.600. The first-order chi connectivity index (χ1) is 13.1. The fourth-order valence-electron chi connectivity index (χ4n) is 4.04. The number of ether oxygens (including phenoxy) is 1. The van der Waals surface area contributed by atoms with Gasteiger partial charge in [-0.1, -0.05) is 18.2 Å². The average Bonchev–Trinajstić information content (AvgIpc) is 2.70. The minimum Gasteiger partial charge on any atom is -0.384 e. The second-order valence-electron chi connectivity index (χ2n) is 7.49. The van der Waals surface area contributed by atoms with E-state index >= 15 is 0 Å². The van der Waals surface area contributed by atoms with E-state index in [0.29, 0.717) is 19.7 Å². The summed E-state index contributed by atoms with van der Waals surface area (Å²) >= 11 is 0. The van der Waals surface area contributed by atoms with Crippen LogP contribution in [0.5, 0.6) is 0 Å². The van der Waals surface area contributed by atoms with Gasteiger partial charge in [-0.2, -0.15) is 0 Å². The number of carbonyl (C=O) groups is 2. The van der Waals surface area contributed by atoms with Gasteiger partial charge in [-0.3, -0.25) is 4.79 Å². The molecule has 27 heavy (non-hydrogen) atoms. The summed E-state index contributed by atoms with van der Waals surface area (Å²) in [6, 6.07) is 9.29. The number of nitrogens with zero attached hydrogens (tertiary/aromatic N) is 1. The molecule has 0 unspecified atom stereocenters. The number of carbonyl (C=O) groups excluding carboxylic acids is 2. The smallest absolute Gasteiger partial charge is 0.319 e. The van der Waals surface area contributed by atoms with Crippen molar-refractivity contribution >= 4 is 17.6 Å². The SMILES string of the molecule is COCC1(C(=O)N2CCC(NC(=O)Nc3ccccc3)CC2)CCNCC1. The van der Waals surface area contributed by atoms with Gasteiger partial charge in [-0.05, 0) is 50.9 Å². The van der Waals surface area contributed by atoms with E-state index in [2.05, 4.69) is 16.0 Å². The summed E-state index contributed by atoms with van der Waals surface area (Å²) < 4.78 is 5.39. The Bertz CT molecular complexity index is 618. The zero-order chi connectivity index (χ0) is 19.1. The van der Waals surface area contributed by atoms with Crippen molar-refractivity contribution < 1.29 is 14.3 Å². The van der Waals surface area contributed by atoms with Crippen LogP contribution in [0.1, 0.15) is 25.7 Å². The lowest BCUT2D eigenvalue weighted by molar-refractivity contribution is -0.148. The summed E-state index contributed by atoms with van der Waals surface area (Å²) in [5, 5.41) is 9.19. The molecule has 7 nitrogen and oxygen atoms in total. The average molecular weight is 374 g/mol. The monoisotopic (exact) mass is 374 g/mol. The molecule has 0 spiro atoms. The fourth-order valence-corrected chi connectivity index (χ4v) is 4.04. The number of methoxy groups -OCH3 is 1. The minimum absolute atomic E-state index is 0.0872. The number of piperidine rings is 2. The largest absolute Gasteiger partial charge is 0.384 e. The van der Waals surface area contributed by atoms with Gasteiger partial charge in [-0.25, -0.2) is 4.79 Å². The first-order valence-corrected chi connectivity index (χ1v) is 9.74. The molecule has 1 aromatic carbocycles. The van der Waals surface area contributed by atoms with E-state index in [9.17, 15) is 9.59 Å². The quantitative estimate of drug-likeness (QED) is 0.734. The van der Waals surface area contributed by atoms with Crippen molar-refractivity contribution in [3.8, 4) is 0 Å². The number of urea groups is 1. The van der Waals surface area contributed by atoms with Gasteiger partial charge in [0.2, 0.25) is 5.91 Å². The highest BCUT2D eigenvalue weighted by atomic mass is 16.5. The third-order valence-electron chi connectivity index (χ3n) is 5.58. The summed E-state index contributed by atoms with van der Waals surface area (Å²) in [7, 11) is 1.67. The highest BCUT2D eigenvalue weighted by Gasteiger charge is 2.42. The van der Waals surface area contributed by atoms with Crippen molar-refractivity contribution in [2.75, 3.05) is 45.2 Å². The Morgan fingerprint density at radius 3 is 2.48 bits per heavy atom. The molecule has 3 amide bonds. The van der Waals surface area contributed by atoms with Gasteiger partial charge >= 0.3 is 6.03 Å². The number of nitrogens with one attached hydrogen (secondary N) is 3. The molecule has 0 saturated carbocycles. The number of amides is 3. The highest BCUT2D eigenvalue weighted by Crippen LogP contribution is 2.32. The van der Waals surface area contributed by atoms with Gasteiger partial charge in [0.05, 0.1) is 12.0 Å². The van der Waals surface area contributed by atoms with E-state index in [4.69, 9.17) is 4.74 Å². The molecular formula is C20H30N4O3. The number of para-hydroxylation sites is 1. The summed E-state index contributed by atoms with van der Waals surface area (Å²) in [5.74, 6) is 0.207. The maximum atomic E-state index is 13.2. The molecule has 0 aromatic heterocycles. The van der Waals surface area contributed by atoms with Gasteiger partial charge < -0.3 is 25.6 Å². The molecule has 7 heteroatoms. The normalized spacial score (nSPS) is 20.1. The van der Waals surface area contributed by atoms with Gasteiger partial charge in [0.25, 0.3) is 0 Å². The van der Waals surface area contributed by atoms with Crippen LogP contribution in [0.4, 0.5) is 10.5 Å². The van der Waals surface area contributed by atoms with Crippen molar-refractivity contribution in [3.05, 3.63) is 30.3 Å². The van der Waals surface area contributed by atoms with Crippen LogP contribution in [0.25, 0.3) is 0 Å². The Morgan fingerprint density at radius 2 is 1.85 bits per heavy atom. The predicted molar refractivity (Wildman–Crippen MR) is 105 cm³/mol. The van der Waals surface area contributed by atoms with Crippen LogP contribution < -0.4 is 16.0 Å². The lowest BCUT2D eigenvalue weighted by Gasteiger charge is -2.42. The van der Waals surface area contributed by atoms with Crippen molar-refractivity contribution in [1.82, 2.24) is 15.5 Å². The third kappa shape index (κ3) is 4.99. The van der Waals surface area contributed by atoms with Crippen molar-refractivity contribution in [3.63, 3.8) is 0 Å². The van der Waals surface area contributed by atoms with E-state index in [-0.39, 0.29) is 18.0 Å².